The van der Waals surface area contributed by atoms with Gasteiger partial charge in [0.1, 0.15) is 0 Å². The molecule has 6 rings (SSSR count). The van der Waals surface area contributed by atoms with Gasteiger partial charge in [-0.1, -0.05) is 143 Å². The number of hydrogen-bond donors (Lipinski definition) is 2. The molecule has 0 amide bonds. The van der Waals surface area contributed by atoms with Crippen molar-refractivity contribution in [1.82, 2.24) is 0 Å². The summed E-state index contributed by atoms with van der Waals surface area (Å²) < 4.78 is 0. The predicted octanol–water partition coefficient (Wildman–Crippen LogP) is 14.3. The van der Waals surface area contributed by atoms with Crippen molar-refractivity contribution in [3.63, 3.8) is 0 Å². The highest BCUT2D eigenvalue weighted by molar-refractivity contribution is 5.81. The maximum Gasteiger partial charge on any atom is 0.0623 e. The molecular formula is C50H56N2. The molecule has 266 valence electrons. The zero-order valence-corrected chi connectivity index (χ0v) is 32.0. The van der Waals surface area contributed by atoms with Crippen molar-refractivity contribution in [3.05, 3.63) is 173 Å². The van der Waals surface area contributed by atoms with Crippen LogP contribution in [-0.4, -0.2) is 0 Å². The van der Waals surface area contributed by atoms with Crippen molar-refractivity contribution in [2.24, 2.45) is 0 Å². The Labute approximate surface area is 313 Å². The minimum atomic E-state index is 0.0306. The largest absolute Gasteiger partial charge is 0.354 e. The molecule has 5 aromatic carbocycles. The van der Waals surface area contributed by atoms with E-state index in [0.29, 0.717) is 0 Å². The Morgan fingerprint density at radius 3 is 2.06 bits per heavy atom. The number of aryl methyl sites for hydroxylation is 4. The van der Waals surface area contributed by atoms with E-state index >= 15 is 0 Å². The lowest BCUT2D eigenvalue weighted by Gasteiger charge is -2.27. The number of anilines is 4. The van der Waals surface area contributed by atoms with E-state index in [4.69, 9.17) is 0 Å². The first-order valence-electron chi connectivity index (χ1n) is 19.3. The van der Waals surface area contributed by atoms with Gasteiger partial charge in [-0.25, -0.2) is 0 Å². The van der Waals surface area contributed by atoms with Crippen molar-refractivity contribution in [2.75, 3.05) is 10.6 Å². The number of fused-ring (bicyclic) bond motifs is 1. The van der Waals surface area contributed by atoms with Gasteiger partial charge < -0.3 is 10.6 Å². The van der Waals surface area contributed by atoms with Crippen LogP contribution in [0.2, 0.25) is 0 Å². The maximum absolute atomic E-state index is 4.44. The fourth-order valence-corrected chi connectivity index (χ4v) is 7.31. The zero-order chi connectivity index (χ0) is 36.5. The highest BCUT2D eigenvalue weighted by Gasteiger charge is 2.24. The van der Waals surface area contributed by atoms with Gasteiger partial charge in [0.05, 0.1) is 11.4 Å². The molecule has 0 spiro atoms. The lowest BCUT2D eigenvalue weighted by atomic mass is 9.77. The molecule has 1 aliphatic carbocycles. The van der Waals surface area contributed by atoms with Gasteiger partial charge in [0.25, 0.3) is 0 Å². The molecule has 0 heterocycles. The fraction of sp³-hybridized carbons (Fsp3) is 0.280. The number of nitrogens with one attached hydrogen (secondary N) is 2. The van der Waals surface area contributed by atoms with Crippen molar-refractivity contribution in [1.29, 1.82) is 0 Å². The lowest BCUT2D eigenvalue weighted by molar-refractivity contribution is 0.531. The molecule has 52 heavy (non-hydrogen) atoms. The standard InChI is InChI=1S/C50H56N2/c1-7-8-9-11-16-41-28-26-39(24-25-40-27-30-44-37(3)22-21-36(2)31-32-50(5,6)47(44)34-40)33-46(41)45-35-43(29-23-38(45)4)52-49-20-15-14-19-48(49)51-42-17-12-10-13-18-42/h10,12-15,17-23,26-31,33-35,51-52H,3,7-9,11,16,24-25,32H2,1-2,4-6H3. The summed E-state index contributed by atoms with van der Waals surface area (Å²) in [7, 11) is 0. The molecule has 5 aromatic rings. The molecule has 0 saturated heterocycles. The van der Waals surface area contributed by atoms with Crippen molar-refractivity contribution in [2.45, 2.75) is 91.4 Å². The molecule has 2 N–H and O–H groups in total. The van der Waals surface area contributed by atoms with Crippen LogP contribution < -0.4 is 10.6 Å². The molecule has 1 aliphatic rings. The third-order valence-electron chi connectivity index (χ3n) is 10.6. The first-order chi connectivity index (χ1) is 25.2. The van der Waals surface area contributed by atoms with Gasteiger partial charge in [0.15, 0.2) is 0 Å². The fourth-order valence-electron chi connectivity index (χ4n) is 7.31. The predicted molar refractivity (Wildman–Crippen MR) is 227 cm³/mol. The molecule has 0 radical (unpaired) electrons. The second kappa shape index (κ2) is 17.0. The molecule has 0 unspecified atom stereocenters. The summed E-state index contributed by atoms with van der Waals surface area (Å²) >= 11 is 0. The normalized spacial score (nSPS) is 13.8. The van der Waals surface area contributed by atoms with E-state index in [-0.39, 0.29) is 5.41 Å². The van der Waals surface area contributed by atoms with Crippen LogP contribution in [0.4, 0.5) is 22.7 Å². The Kier molecular flexibility index (Phi) is 12.0. The molecule has 2 heteroatoms. The summed E-state index contributed by atoms with van der Waals surface area (Å²) in [4.78, 5) is 0. The van der Waals surface area contributed by atoms with Crippen LogP contribution in [-0.2, 0) is 24.7 Å². The highest BCUT2D eigenvalue weighted by atomic mass is 15.0. The first-order valence-corrected chi connectivity index (χ1v) is 19.3. The van der Waals surface area contributed by atoms with Crippen LogP contribution in [0, 0.1) is 6.92 Å². The molecule has 0 saturated carbocycles. The maximum atomic E-state index is 4.44. The zero-order valence-electron chi connectivity index (χ0n) is 32.0. The third kappa shape index (κ3) is 9.22. The molecule has 0 aromatic heterocycles. The van der Waals surface area contributed by atoms with Crippen molar-refractivity contribution in [3.8, 4) is 11.1 Å². The van der Waals surface area contributed by atoms with Crippen LogP contribution in [0.1, 0.15) is 93.2 Å². The van der Waals surface area contributed by atoms with Gasteiger partial charge >= 0.3 is 0 Å². The molecule has 0 bridgehead atoms. The number of para-hydroxylation sites is 3. The minimum Gasteiger partial charge on any atom is -0.354 e. The van der Waals surface area contributed by atoms with Crippen LogP contribution in [0.3, 0.4) is 0 Å². The monoisotopic (exact) mass is 684 g/mol. The highest BCUT2D eigenvalue weighted by Crippen LogP contribution is 2.37. The van der Waals surface area contributed by atoms with E-state index in [0.717, 1.165) is 54.0 Å². The number of rotatable bonds is 13. The van der Waals surface area contributed by atoms with E-state index in [2.05, 4.69) is 173 Å². The van der Waals surface area contributed by atoms with E-state index in [1.807, 2.05) is 6.07 Å². The van der Waals surface area contributed by atoms with Gasteiger partial charge in [-0.05, 0) is 138 Å². The number of hydrogen-bond acceptors (Lipinski definition) is 2. The van der Waals surface area contributed by atoms with Gasteiger partial charge in [-0.15, -0.1) is 0 Å². The molecular weight excluding hydrogens is 629 g/mol. The summed E-state index contributed by atoms with van der Waals surface area (Å²) in [6.07, 6.45) is 15.9. The van der Waals surface area contributed by atoms with E-state index in [9.17, 15) is 0 Å². The average molecular weight is 685 g/mol. The molecule has 0 fully saturated rings. The van der Waals surface area contributed by atoms with Gasteiger partial charge in [-0.3, -0.25) is 0 Å². The molecule has 0 aliphatic heterocycles. The molecule has 2 nitrogen and oxygen atoms in total. The van der Waals surface area contributed by atoms with Crippen molar-refractivity contribution >= 4 is 28.3 Å². The van der Waals surface area contributed by atoms with Crippen LogP contribution in [0.5, 0.6) is 0 Å². The Balaban J connectivity index is 1.28. The SMILES string of the molecule is C=C1C=CC(C)=CCC(C)(C)c2cc(CCc3ccc(CCCCCC)c(-c4cc(Nc5ccccc5Nc5ccccc5)ccc4C)c3)ccc21. The summed E-state index contributed by atoms with van der Waals surface area (Å²) in [6.45, 7) is 15.9. The third-order valence-corrected chi connectivity index (χ3v) is 10.6. The summed E-state index contributed by atoms with van der Waals surface area (Å²) in [5.41, 5.74) is 17.5. The second-order valence-corrected chi connectivity index (χ2v) is 15.3. The summed E-state index contributed by atoms with van der Waals surface area (Å²) in [6, 6.07) is 39.9. The second-order valence-electron chi connectivity index (χ2n) is 15.3. The van der Waals surface area contributed by atoms with E-state index in [1.165, 1.54) is 75.8 Å². The molecule has 0 atom stereocenters. The number of allylic oxidation sites excluding steroid dienone is 5. The number of benzene rings is 5. The smallest absolute Gasteiger partial charge is 0.0623 e. The van der Waals surface area contributed by atoms with Gasteiger partial charge in [-0.2, -0.15) is 0 Å². The Hall–Kier alpha value is -5.08. The van der Waals surface area contributed by atoms with Crippen LogP contribution in [0.25, 0.3) is 16.7 Å². The Morgan fingerprint density at radius 1 is 0.615 bits per heavy atom. The van der Waals surface area contributed by atoms with Gasteiger partial charge in [0, 0.05) is 11.4 Å². The summed E-state index contributed by atoms with van der Waals surface area (Å²) in [5, 5.41) is 7.33. The van der Waals surface area contributed by atoms with E-state index < -0.39 is 0 Å². The van der Waals surface area contributed by atoms with Gasteiger partial charge in [0.2, 0.25) is 0 Å². The number of unbranched alkanes of at least 4 members (excludes halogenated alkanes) is 3. The van der Waals surface area contributed by atoms with Crippen molar-refractivity contribution < 1.29 is 0 Å². The van der Waals surface area contributed by atoms with Crippen LogP contribution in [0.15, 0.2) is 140 Å². The Morgan fingerprint density at radius 2 is 1.31 bits per heavy atom. The first kappa shape index (κ1) is 36.7. The van der Waals surface area contributed by atoms with Crippen LogP contribution >= 0.6 is 0 Å². The Bertz CT molecular complexity index is 2060. The van der Waals surface area contributed by atoms with E-state index in [1.54, 1.807) is 0 Å². The minimum absolute atomic E-state index is 0.0306. The quantitative estimate of drug-likeness (QED) is 0.121. The average Bonchev–Trinajstić information content (AvgIpc) is 3.19. The summed E-state index contributed by atoms with van der Waals surface area (Å²) in [5.74, 6) is 0. The topological polar surface area (TPSA) is 24.1 Å². The lowest BCUT2D eigenvalue weighted by Crippen LogP contribution is -2.18.